The highest BCUT2D eigenvalue weighted by atomic mass is 32.1. The van der Waals surface area contributed by atoms with Crippen LogP contribution >= 0.6 is 11.3 Å². The van der Waals surface area contributed by atoms with E-state index in [0.717, 1.165) is 5.56 Å². The third kappa shape index (κ3) is 2.82. The van der Waals surface area contributed by atoms with E-state index in [1.165, 1.54) is 11.3 Å². The third-order valence-corrected chi connectivity index (χ3v) is 2.75. The van der Waals surface area contributed by atoms with Gasteiger partial charge in [0.2, 0.25) is 0 Å². The van der Waals surface area contributed by atoms with Crippen LogP contribution < -0.4 is 0 Å². The molecule has 0 saturated heterocycles. The second-order valence-electron chi connectivity index (χ2n) is 3.10. The van der Waals surface area contributed by atoms with Crippen LogP contribution in [0.3, 0.4) is 0 Å². The molecule has 0 bridgehead atoms. The molecule has 0 amide bonds. The van der Waals surface area contributed by atoms with Crippen LogP contribution in [-0.4, -0.2) is 25.8 Å². The van der Waals surface area contributed by atoms with Crippen molar-refractivity contribution in [1.82, 2.24) is 0 Å². The molecular weight excluding hydrogens is 200 g/mol. The van der Waals surface area contributed by atoms with Gasteiger partial charge in [-0.05, 0) is 30.9 Å². The Kier molecular flexibility index (Phi) is 4.10. The van der Waals surface area contributed by atoms with Gasteiger partial charge in [-0.2, -0.15) is 0 Å². The van der Waals surface area contributed by atoms with E-state index in [-0.39, 0.29) is 12.1 Å². The first-order valence-corrected chi connectivity index (χ1v) is 5.27. The minimum absolute atomic E-state index is 0.200. The number of ether oxygens (including phenoxy) is 2. The maximum atomic E-state index is 11.5. The molecule has 1 aromatic heterocycles. The Hall–Kier alpha value is -0.870. The van der Waals surface area contributed by atoms with Gasteiger partial charge in [0.1, 0.15) is 11.0 Å². The highest BCUT2D eigenvalue weighted by molar-refractivity contribution is 7.12. The van der Waals surface area contributed by atoms with Crippen LogP contribution in [0.2, 0.25) is 0 Å². The summed E-state index contributed by atoms with van der Waals surface area (Å²) in [6.07, 6.45) is -0.200. The Labute approximate surface area is 87.7 Å². The van der Waals surface area contributed by atoms with Crippen LogP contribution in [0.25, 0.3) is 0 Å². The van der Waals surface area contributed by atoms with Gasteiger partial charge in [0.05, 0.1) is 6.61 Å². The quantitative estimate of drug-likeness (QED) is 0.721. The molecule has 0 aliphatic carbocycles. The number of thiophene rings is 1. The molecule has 0 radical (unpaired) electrons. The highest BCUT2D eigenvalue weighted by Crippen LogP contribution is 2.17. The third-order valence-electron chi connectivity index (χ3n) is 1.76. The number of carbonyl (C=O) groups excluding carboxylic acids is 1. The molecule has 0 unspecified atom stereocenters. The SMILES string of the molecule is COC[C@H](C)OC(=O)c1sccc1C. The van der Waals surface area contributed by atoms with Gasteiger partial charge in [0.15, 0.2) is 0 Å². The number of rotatable bonds is 4. The van der Waals surface area contributed by atoms with Gasteiger partial charge in [-0.25, -0.2) is 4.79 Å². The largest absolute Gasteiger partial charge is 0.456 e. The predicted octanol–water partition coefficient (Wildman–Crippen LogP) is 2.25. The lowest BCUT2D eigenvalue weighted by atomic mass is 10.3. The lowest BCUT2D eigenvalue weighted by Gasteiger charge is -2.11. The average molecular weight is 214 g/mol. The summed E-state index contributed by atoms with van der Waals surface area (Å²) in [7, 11) is 1.58. The normalized spacial score (nSPS) is 12.5. The fourth-order valence-electron chi connectivity index (χ4n) is 1.09. The average Bonchev–Trinajstić information content (AvgIpc) is 2.51. The fraction of sp³-hybridized carbons (Fsp3) is 0.500. The van der Waals surface area contributed by atoms with Crippen molar-refractivity contribution in [2.24, 2.45) is 0 Å². The Bertz CT molecular complexity index is 306. The standard InChI is InChI=1S/C10H14O3S/c1-7-4-5-14-9(7)10(11)13-8(2)6-12-3/h4-5,8H,6H2,1-3H3/t8-/m0/s1. The van der Waals surface area contributed by atoms with E-state index in [1.54, 1.807) is 7.11 Å². The maximum absolute atomic E-state index is 11.5. The zero-order valence-electron chi connectivity index (χ0n) is 8.57. The van der Waals surface area contributed by atoms with Crippen LogP contribution in [0.4, 0.5) is 0 Å². The van der Waals surface area contributed by atoms with E-state index in [9.17, 15) is 4.79 Å². The molecule has 1 heterocycles. The number of hydrogen-bond donors (Lipinski definition) is 0. The molecule has 1 rings (SSSR count). The number of hydrogen-bond acceptors (Lipinski definition) is 4. The van der Waals surface area contributed by atoms with Gasteiger partial charge in [-0.15, -0.1) is 11.3 Å². The topological polar surface area (TPSA) is 35.5 Å². The molecule has 0 fully saturated rings. The van der Waals surface area contributed by atoms with Crippen molar-refractivity contribution in [1.29, 1.82) is 0 Å². The Morgan fingerprint density at radius 3 is 2.86 bits per heavy atom. The predicted molar refractivity (Wildman–Crippen MR) is 55.8 cm³/mol. The van der Waals surface area contributed by atoms with Crippen molar-refractivity contribution in [2.75, 3.05) is 13.7 Å². The summed E-state index contributed by atoms with van der Waals surface area (Å²) in [5.41, 5.74) is 0.963. The molecule has 4 heteroatoms. The highest BCUT2D eigenvalue weighted by Gasteiger charge is 2.14. The molecule has 1 aromatic rings. The first kappa shape index (κ1) is 11.2. The minimum Gasteiger partial charge on any atom is -0.456 e. The smallest absolute Gasteiger partial charge is 0.348 e. The van der Waals surface area contributed by atoms with Crippen molar-refractivity contribution in [3.63, 3.8) is 0 Å². The summed E-state index contributed by atoms with van der Waals surface area (Å²) in [5.74, 6) is -0.262. The molecule has 0 N–H and O–H groups in total. The van der Waals surface area contributed by atoms with Crippen molar-refractivity contribution < 1.29 is 14.3 Å². The van der Waals surface area contributed by atoms with Crippen LogP contribution in [0, 0.1) is 6.92 Å². The molecule has 0 aliphatic heterocycles. The van der Waals surface area contributed by atoms with E-state index >= 15 is 0 Å². The molecule has 0 aliphatic rings. The number of carbonyl (C=O) groups is 1. The molecular formula is C10H14O3S. The van der Waals surface area contributed by atoms with Crippen LogP contribution in [0.15, 0.2) is 11.4 Å². The van der Waals surface area contributed by atoms with E-state index < -0.39 is 0 Å². The fourth-order valence-corrected chi connectivity index (χ4v) is 1.89. The summed E-state index contributed by atoms with van der Waals surface area (Å²) in [5, 5.41) is 1.88. The molecule has 0 spiro atoms. The molecule has 14 heavy (non-hydrogen) atoms. The molecule has 0 saturated carbocycles. The summed E-state index contributed by atoms with van der Waals surface area (Å²) < 4.78 is 10.0. The van der Waals surface area contributed by atoms with Gasteiger partial charge in [0, 0.05) is 7.11 Å². The van der Waals surface area contributed by atoms with Crippen molar-refractivity contribution in [2.45, 2.75) is 20.0 Å². The van der Waals surface area contributed by atoms with Crippen molar-refractivity contribution in [3.05, 3.63) is 21.9 Å². The van der Waals surface area contributed by atoms with Gasteiger partial charge in [-0.3, -0.25) is 0 Å². The summed E-state index contributed by atoms with van der Waals surface area (Å²) in [4.78, 5) is 12.2. The van der Waals surface area contributed by atoms with E-state index in [4.69, 9.17) is 9.47 Å². The number of methoxy groups -OCH3 is 1. The van der Waals surface area contributed by atoms with Crippen LogP contribution in [0.5, 0.6) is 0 Å². The number of aryl methyl sites for hydroxylation is 1. The van der Waals surface area contributed by atoms with E-state index in [2.05, 4.69) is 0 Å². The Morgan fingerprint density at radius 2 is 2.36 bits per heavy atom. The minimum atomic E-state index is -0.262. The van der Waals surface area contributed by atoms with E-state index in [1.807, 2.05) is 25.3 Å². The van der Waals surface area contributed by atoms with Gasteiger partial charge in [0.25, 0.3) is 0 Å². The molecule has 78 valence electrons. The van der Waals surface area contributed by atoms with E-state index in [0.29, 0.717) is 11.5 Å². The zero-order chi connectivity index (χ0) is 10.6. The molecule has 1 atom stereocenters. The Morgan fingerprint density at radius 1 is 1.64 bits per heavy atom. The zero-order valence-corrected chi connectivity index (χ0v) is 9.39. The Balaban J connectivity index is 2.55. The maximum Gasteiger partial charge on any atom is 0.348 e. The van der Waals surface area contributed by atoms with Gasteiger partial charge < -0.3 is 9.47 Å². The summed E-state index contributed by atoms with van der Waals surface area (Å²) in [6, 6.07) is 1.91. The first-order valence-electron chi connectivity index (χ1n) is 4.39. The molecule has 0 aromatic carbocycles. The monoisotopic (exact) mass is 214 g/mol. The lowest BCUT2D eigenvalue weighted by Crippen LogP contribution is -2.19. The van der Waals surface area contributed by atoms with Crippen molar-refractivity contribution >= 4 is 17.3 Å². The second kappa shape index (κ2) is 5.12. The van der Waals surface area contributed by atoms with Gasteiger partial charge >= 0.3 is 5.97 Å². The second-order valence-corrected chi connectivity index (χ2v) is 4.02. The first-order chi connectivity index (χ1) is 6.65. The van der Waals surface area contributed by atoms with Crippen LogP contribution in [-0.2, 0) is 9.47 Å². The van der Waals surface area contributed by atoms with Crippen molar-refractivity contribution in [3.8, 4) is 0 Å². The lowest BCUT2D eigenvalue weighted by molar-refractivity contribution is 0.0124. The summed E-state index contributed by atoms with van der Waals surface area (Å²) >= 11 is 1.40. The number of esters is 1. The summed E-state index contributed by atoms with van der Waals surface area (Å²) in [6.45, 7) is 4.13. The van der Waals surface area contributed by atoms with Crippen LogP contribution in [0.1, 0.15) is 22.2 Å². The molecule has 3 nitrogen and oxygen atoms in total. The van der Waals surface area contributed by atoms with Gasteiger partial charge in [-0.1, -0.05) is 0 Å².